The van der Waals surface area contributed by atoms with Crippen LogP contribution in [0.3, 0.4) is 0 Å². The van der Waals surface area contributed by atoms with E-state index in [0.29, 0.717) is 0 Å². The molecule has 0 aliphatic carbocycles. The van der Waals surface area contributed by atoms with E-state index in [0.717, 1.165) is 24.7 Å². The van der Waals surface area contributed by atoms with Crippen LogP contribution in [0.2, 0.25) is 0 Å². The molecule has 0 radical (unpaired) electrons. The molecule has 0 aromatic carbocycles. The monoisotopic (exact) mass is 323 g/mol. The van der Waals surface area contributed by atoms with Crippen LogP contribution in [-0.2, 0) is 6.54 Å². The summed E-state index contributed by atoms with van der Waals surface area (Å²) >= 11 is 1.69. The van der Waals surface area contributed by atoms with Crippen molar-refractivity contribution < 1.29 is 0 Å². The van der Waals surface area contributed by atoms with Crippen LogP contribution in [0.15, 0.2) is 10.5 Å². The molecule has 0 bridgehead atoms. The SMILES string of the molecule is CN=C(NCCCN1CCCCCC1)NCc1scnc1C. The molecule has 1 aliphatic rings. The van der Waals surface area contributed by atoms with Gasteiger partial charge in [-0.3, -0.25) is 4.99 Å². The van der Waals surface area contributed by atoms with Crippen LogP contribution in [0.1, 0.15) is 42.7 Å². The van der Waals surface area contributed by atoms with E-state index < -0.39 is 0 Å². The summed E-state index contributed by atoms with van der Waals surface area (Å²) in [6.07, 6.45) is 6.71. The van der Waals surface area contributed by atoms with E-state index in [1.54, 1.807) is 11.3 Å². The third-order valence-electron chi connectivity index (χ3n) is 4.13. The number of aromatic nitrogens is 1. The van der Waals surface area contributed by atoms with Crippen LogP contribution >= 0.6 is 11.3 Å². The van der Waals surface area contributed by atoms with Crippen LogP contribution in [0.5, 0.6) is 0 Å². The standard InChI is InChI=1S/C16H29N5S/c1-14-15(22-13-20-14)12-19-16(17-2)18-8-7-11-21-9-5-3-4-6-10-21/h13H,3-12H2,1-2H3,(H2,17,18,19). The Morgan fingerprint density at radius 1 is 1.27 bits per heavy atom. The van der Waals surface area contributed by atoms with Crippen molar-refractivity contribution in [1.82, 2.24) is 20.5 Å². The van der Waals surface area contributed by atoms with Crippen LogP contribution in [0.25, 0.3) is 0 Å². The summed E-state index contributed by atoms with van der Waals surface area (Å²) < 4.78 is 0. The molecular formula is C16H29N5S. The van der Waals surface area contributed by atoms with E-state index in [1.807, 2.05) is 19.5 Å². The van der Waals surface area contributed by atoms with Crippen LogP contribution in [0.4, 0.5) is 0 Å². The Morgan fingerprint density at radius 2 is 2.05 bits per heavy atom. The number of likely N-dealkylation sites (tertiary alicyclic amines) is 1. The van der Waals surface area contributed by atoms with Crippen molar-refractivity contribution in [2.75, 3.05) is 33.2 Å². The second-order valence-corrected chi connectivity index (χ2v) is 6.76. The molecule has 0 atom stereocenters. The van der Waals surface area contributed by atoms with Crippen molar-refractivity contribution in [2.45, 2.75) is 45.6 Å². The zero-order chi connectivity index (χ0) is 15.6. The van der Waals surface area contributed by atoms with Gasteiger partial charge in [-0.05, 0) is 45.8 Å². The second-order valence-electron chi connectivity index (χ2n) is 5.82. The number of thiazole rings is 1. The fourth-order valence-electron chi connectivity index (χ4n) is 2.75. The number of nitrogens with one attached hydrogen (secondary N) is 2. The number of hydrogen-bond acceptors (Lipinski definition) is 4. The molecule has 2 heterocycles. The van der Waals surface area contributed by atoms with Crippen LogP contribution < -0.4 is 10.6 Å². The lowest BCUT2D eigenvalue weighted by Gasteiger charge is -2.20. The predicted octanol–water partition coefficient (Wildman–Crippen LogP) is 2.38. The maximum absolute atomic E-state index is 4.28. The van der Waals surface area contributed by atoms with Gasteiger partial charge in [0.2, 0.25) is 0 Å². The molecule has 0 unspecified atom stereocenters. The van der Waals surface area contributed by atoms with Crippen LogP contribution in [-0.4, -0.2) is 49.1 Å². The molecular weight excluding hydrogens is 294 g/mol. The van der Waals surface area contributed by atoms with Gasteiger partial charge in [0.05, 0.1) is 17.7 Å². The van der Waals surface area contributed by atoms with Crippen molar-refractivity contribution in [1.29, 1.82) is 0 Å². The maximum Gasteiger partial charge on any atom is 0.191 e. The topological polar surface area (TPSA) is 52.6 Å². The molecule has 1 aliphatic heterocycles. The Morgan fingerprint density at radius 3 is 2.68 bits per heavy atom. The van der Waals surface area contributed by atoms with Gasteiger partial charge in [-0.2, -0.15) is 0 Å². The fraction of sp³-hybridized carbons (Fsp3) is 0.750. The lowest BCUT2D eigenvalue weighted by Crippen LogP contribution is -2.38. The molecule has 5 nitrogen and oxygen atoms in total. The van der Waals surface area contributed by atoms with Crippen molar-refractivity contribution in [3.8, 4) is 0 Å². The molecule has 22 heavy (non-hydrogen) atoms. The Bertz CT molecular complexity index is 449. The maximum atomic E-state index is 4.28. The minimum Gasteiger partial charge on any atom is -0.356 e. The van der Waals surface area contributed by atoms with E-state index in [9.17, 15) is 0 Å². The van der Waals surface area contributed by atoms with Gasteiger partial charge in [0, 0.05) is 18.5 Å². The molecule has 1 aromatic rings. The number of aryl methyl sites for hydroxylation is 1. The van der Waals surface area contributed by atoms with Crippen molar-refractivity contribution in [3.63, 3.8) is 0 Å². The summed E-state index contributed by atoms with van der Waals surface area (Å²) in [4.78, 5) is 12.4. The zero-order valence-electron chi connectivity index (χ0n) is 13.9. The molecule has 0 amide bonds. The predicted molar refractivity (Wildman–Crippen MR) is 94.6 cm³/mol. The molecule has 0 saturated carbocycles. The van der Waals surface area contributed by atoms with Crippen molar-refractivity contribution in [2.24, 2.45) is 4.99 Å². The van der Waals surface area contributed by atoms with Crippen LogP contribution in [0, 0.1) is 6.92 Å². The summed E-state index contributed by atoms with van der Waals surface area (Å²) in [5.74, 6) is 0.878. The molecule has 2 N–H and O–H groups in total. The number of guanidine groups is 1. The smallest absolute Gasteiger partial charge is 0.191 e. The van der Waals surface area contributed by atoms with Gasteiger partial charge in [0.25, 0.3) is 0 Å². The van der Waals surface area contributed by atoms with Gasteiger partial charge in [-0.25, -0.2) is 4.98 Å². The molecule has 1 fully saturated rings. The highest BCUT2D eigenvalue weighted by Crippen LogP contribution is 2.11. The Kier molecular flexibility index (Phi) is 7.66. The van der Waals surface area contributed by atoms with E-state index in [4.69, 9.17) is 0 Å². The quantitative estimate of drug-likeness (QED) is 0.479. The van der Waals surface area contributed by atoms with Gasteiger partial charge < -0.3 is 15.5 Å². The summed E-state index contributed by atoms with van der Waals surface area (Å²) in [7, 11) is 1.82. The minimum atomic E-state index is 0.794. The van der Waals surface area contributed by atoms with E-state index >= 15 is 0 Å². The summed E-state index contributed by atoms with van der Waals surface area (Å²) in [5, 5.41) is 6.76. The molecule has 1 aromatic heterocycles. The van der Waals surface area contributed by atoms with Gasteiger partial charge >= 0.3 is 0 Å². The lowest BCUT2D eigenvalue weighted by atomic mass is 10.2. The molecule has 6 heteroatoms. The molecule has 0 spiro atoms. The highest BCUT2D eigenvalue weighted by atomic mass is 32.1. The van der Waals surface area contributed by atoms with Crippen molar-refractivity contribution in [3.05, 3.63) is 16.1 Å². The number of rotatable bonds is 6. The first-order valence-electron chi connectivity index (χ1n) is 8.35. The zero-order valence-corrected chi connectivity index (χ0v) is 14.7. The first kappa shape index (κ1) is 17.2. The average molecular weight is 324 g/mol. The molecule has 1 saturated heterocycles. The van der Waals surface area contributed by atoms with Gasteiger partial charge in [0.1, 0.15) is 0 Å². The number of aliphatic imine (C=N–C) groups is 1. The van der Waals surface area contributed by atoms with E-state index in [-0.39, 0.29) is 0 Å². The fourth-order valence-corrected chi connectivity index (χ4v) is 3.47. The van der Waals surface area contributed by atoms with Crippen molar-refractivity contribution >= 4 is 17.3 Å². The first-order valence-corrected chi connectivity index (χ1v) is 9.23. The second kappa shape index (κ2) is 9.79. The minimum absolute atomic E-state index is 0.794. The summed E-state index contributed by atoms with van der Waals surface area (Å²) in [6.45, 7) is 7.55. The summed E-state index contributed by atoms with van der Waals surface area (Å²) in [5.41, 5.74) is 3.00. The molecule has 2 rings (SSSR count). The number of nitrogens with zero attached hydrogens (tertiary/aromatic N) is 3. The van der Waals surface area contributed by atoms with E-state index in [2.05, 4.69) is 25.5 Å². The van der Waals surface area contributed by atoms with Gasteiger partial charge in [-0.15, -0.1) is 11.3 Å². The summed E-state index contributed by atoms with van der Waals surface area (Å²) in [6, 6.07) is 0. The van der Waals surface area contributed by atoms with Gasteiger partial charge in [0.15, 0.2) is 5.96 Å². The molecule has 124 valence electrons. The third-order valence-corrected chi connectivity index (χ3v) is 5.06. The Hall–Kier alpha value is -1.14. The average Bonchev–Trinajstić information content (AvgIpc) is 2.77. The lowest BCUT2D eigenvalue weighted by molar-refractivity contribution is 0.282. The highest BCUT2D eigenvalue weighted by molar-refractivity contribution is 7.09. The normalized spacial score (nSPS) is 17.3. The van der Waals surface area contributed by atoms with E-state index in [1.165, 1.54) is 56.6 Å². The first-order chi connectivity index (χ1) is 10.8. The highest BCUT2D eigenvalue weighted by Gasteiger charge is 2.08. The largest absolute Gasteiger partial charge is 0.356 e. The van der Waals surface area contributed by atoms with Gasteiger partial charge in [-0.1, -0.05) is 12.8 Å². The third kappa shape index (κ3) is 5.93. The number of hydrogen-bond donors (Lipinski definition) is 2. The Balaban J connectivity index is 1.61. The Labute approximate surface area is 138 Å².